The molecule has 4 rings (SSSR count). The van der Waals surface area contributed by atoms with Crippen molar-refractivity contribution in [1.29, 1.82) is 0 Å². The Balaban J connectivity index is 1.42. The zero-order valence-electron chi connectivity index (χ0n) is 17.0. The Morgan fingerprint density at radius 1 is 0.969 bits per heavy atom. The summed E-state index contributed by atoms with van der Waals surface area (Å²) in [6, 6.07) is 23.1. The molecular weight excluding hydrogens is 447 g/mol. The number of amides is 1. The molecule has 3 aromatic carbocycles. The number of halogens is 2. The minimum Gasteiger partial charge on any atom is -0.326 e. The van der Waals surface area contributed by atoms with Crippen LogP contribution in [0.25, 0.3) is 17.1 Å². The second kappa shape index (κ2) is 10.4. The molecule has 1 N–H and O–H groups in total. The Labute approximate surface area is 194 Å². The van der Waals surface area contributed by atoms with Crippen molar-refractivity contribution in [3.63, 3.8) is 0 Å². The Kier molecular flexibility index (Phi) is 7.19. The first-order chi connectivity index (χ1) is 15.6. The lowest BCUT2D eigenvalue weighted by Crippen LogP contribution is -2.11. The number of carbonyl (C=O) groups is 1. The third-order valence-corrected chi connectivity index (χ3v) is 5.92. The number of rotatable bonds is 8. The fourth-order valence-electron chi connectivity index (χ4n) is 3.11. The zero-order chi connectivity index (χ0) is 22.3. The van der Waals surface area contributed by atoms with Crippen molar-refractivity contribution in [3.8, 4) is 17.1 Å². The van der Waals surface area contributed by atoms with Gasteiger partial charge < -0.3 is 5.32 Å². The molecule has 5 nitrogen and oxygen atoms in total. The SMILES string of the molecule is O=C(CCCSc1nnc(-c2ccc(Cl)cc2)n1-c1ccccc1)Nc1ccc(F)cc1. The van der Waals surface area contributed by atoms with Gasteiger partial charge >= 0.3 is 0 Å². The number of nitrogens with zero attached hydrogens (tertiary/aromatic N) is 3. The van der Waals surface area contributed by atoms with E-state index in [1.54, 1.807) is 23.9 Å². The van der Waals surface area contributed by atoms with E-state index in [4.69, 9.17) is 11.6 Å². The number of carbonyl (C=O) groups excluding carboxylic acids is 1. The Morgan fingerprint density at radius 3 is 2.41 bits per heavy atom. The number of thioether (sulfide) groups is 1. The van der Waals surface area contributed by atoms with Crippen LogP contribution in [0.5, 0.6) is 0 Å². The molecule has 0 atom stereocenters. The molecule has 0 bridgehead atoms. The summed E-state index contributed by atoms with van der Waals surface area (Å²) in [5.74, 6) is 0.982. The van der Waals surface area contributed by atoms with Crippen molar-refractivity contribution >= 4 is 35.0 Å². The highest BCUT2D eigenvalue weighted by molar-refractivity contribution is 7.99. The average Bonchev–Trinajstić information content (AvgIpc) is 3.23. The first kappa shape index (κ1) is 22.0. The van der Waals surface area contributed by atoms with Gasteiger partial charge in [0, 0.05) is 34.1 Å². The molecule has 1 amide bonds. The minimum absolute atomic E-state index is 0.108. The molecule has 0 aliphatic rings. The largest absolute Gasteiger partial charge is 0.326 e. The number of benzene rings is 3. The molecule has 0 radical (unpaired) electrons. The summed E-state index contributed by atoms with van der Waals surface area (Å²) < 4.78 is 15.0. The lowest BCUT2D eigenvalue weighted by atomic mass is 10.2. The van der Waals surface area contributed by atoms with Crippen LogP contribution in [0, 0.1) is 5.82 Å². The summed E-state index contributed by atoms with van der Waals surface area (Å²) in [5, 5.41) is 13.0. The lowest BCUT2D eigenvalue weighted by molar-refractivity contribution is -0.116. The molecule has 0 aliphatic carbocycles. The van der Waals surface area contributed by atoms with Gasteiger partial charge in [-0.1, -0.05) is 41.6 Å². The van der Waals surface area contributed by atoms with Gasteiger partial charge in [-0.15, -0.1) is 10.2 Å². The van der Waals surface area contributed by atoms with Gasteiger partial charge in [0.25, 0.3) is 0 Å². The first-order valence-corrected chi connectivity index (χ1v) is 11.4. The highest BCUT2D eigenvalue weighted by atomic mass is 35.5. The summed E-state index contributed by atoms with van der Waals surface area (Å²) in [6.45, 7) is 0. The van der Waals surface area contributed by atoms with Gasteiger partial charge in [-0.25, -0.2) is 4.39 Å². The maximum atomic E-state index is 13.0. The molecule has 32 heavy (non-hydrogen) atoms. The van der Waals surface area contributed by atoms with Gasteiger partial charge in [0.2, 0.25) is 5.91 Å². The monoisotopic (exact) mass is 466 g/mol. The fourth-order valence-corrected chi connectivity index (χ4v) is 4.13. The Morgan fingerprint density at radius 2 is 1.69 bits per heavy atom. The molecule has 4 aromatic rings. The van der Waals surface area contributed by atoms with Crippen LogP contribution in [0.4, 0.5) is 10.1 Å². The molecule has 0 saturated carbocycles. The highest BCUT2D eigenvalue weighted by Crippen LogP contribution is 2.29. The number of hydrogen-bond acceptors (Lipinski definition) is 4. The molecular formula is C24H20ClFN4OS. The predicted octanol–water partition coefficient (Wildman–Crippen LogP) is 6.24. The van der Waals surface area contributed by atoms with E-state index >= 15 is 0 Å². The summed E-state index contributed by atoms with van der Waals surface area (Å²) in [7, 11) is 0. The average molecular weight is 467 g/mol. The first-order valence-electron chi connectivity index (χ1n) is 10.0. The summed E-state index contributed by atoms with van der Waals surface area (Å²) in [5.41, 5.74) is 2.45. The number of aromatic nitrogens is 3. The van der Waals surface area contributed by atoms with Gasteiger partial charge in [0.1, 0.15) is 5.82 Å². The zero-order valence-corrected chi connectivity index (χ0v) is 18.6. The molecule has 1 aromatic heterocycles. The molecule has 162 valence electrons. The third kappa shape index (κ3) is 5.55. The quantitative estimate of drug-likeness (QED) is 0.247. The van der Waals surface area contributed by atoms with Crippen LogP contribution in [0.1, 0.15) is 12.8 Å². The van der Waals surface area contributed by atoms with Crippen LogP contribution < -0.4 is 5.32 Å². The van der Waals surface area contributed by atoms with Crippen LogP contribution in [0.15, 0.2) is 84.0 Å². The number of para-hydroxylation sites is 1. The van der Waals surface area contributed by atoms with Gasteiger partial charge in [0.05, 0.1) is 0 Å². The van der Waals surface area contributed by atoms with Gasteiger partial charge in [-0.05, 0) is 67.1 Å². The molecule has 0 unspecified atom stereocenters. The summed E-state index contributed by atoms with van der Waals surface area (Å²) >= 11 is 7.58. The lowest BCUT2D eigenvalue weighted by Gasteiger charge is -2.10. The van der Waals surface area contributed by atoms with E-state index in [0.717, 1.165) is 22.2 Å². The predicted molar refractivity (Wildman–Crippen MR) is 127 cm³/mol. The minimum atomic E-state index is -0.333. The summed E-state index contributed by atoms with van der Waals surface area (Å²) in [6.07, 6.45) is 1.02. The van der Waals surface area contributed by atoms with E-state index in [2.05, 4.69) is 15.5 Å². The smallest absolute Gasteiger partial charge is 0.224 e. The molecule has 8 heteroatoms. The van der Waals surface area contributed by atoms with Crippen molar-refractivity contribution < 1.29 is 9.18 Å². The molecule has 0 fully saturated rings. The van der Waals surface area contributed by atoms with Gasteiger partial charge in [0.15, 0.2) is 11.0 Å². The number of anilines is 1. The number of hydrogen-bond donors (Lipinski definition) is 1. The maximum Gasteiger partial charge on any atom is 0.224 e. The topological polar surface area (TPSA) is 59.8 Å². The van der Waals surface area contributed by atoms with Crippen LogP contribution in [-0.4, -0.2) is 26.4 Å². The van der Waals surface area contributed by atoms with Crippen LogP contribution in [0.3, 0.4) is 0 Å². The van der Waals surface area contributed by atoms with Crippen molar-refractivity contribution in [2.45, 2.75) is 18.0 Å². The van der Waals surface area contributed by atoms with Gasteiger partial charge in [-0.2, -0.15) is 0 Å². The highest BCUT2D eigenvalue weighted by Gasteiger charge is 2.16. The van der Waals surface area contributed by atoms with E-state index in [1.165, 1.54) is 12.1 Å². The third-order valence-electron chi connectivity index (χ3n) is 4.66. The Bertz CT molecular complexity index is 1180. The van der Waals surface area contributed by atoms with Crippen molar-refractivity contribution in [1.82, 2.24) is 14.8 Å². The second-order valence-electron chi connectivity index (χ2n) is 6.99. The van der Waals surface area contributed by atoms with E-state index in [1.807, 2.05) is 59.2 Å². The van der Waals surface area contributed by atoms with E-state index in [0.29, 0.717) is 29.3 Å². The van der Waals surface area contributed by atoms with E-state index in [9.17, 15) is 9.18 Å². The summed E-state index contributed by atoms with van der Waals surface area (Å²) in [4.78, 5) is 12.2. The van der Waals surface area contributed by atoms with Crippen molar-refractivity contribution in [3.05, 3.63) is 89.7 Å². The van der Waals surface area contributed by atoms with E-state index in [-0.39, 0.29) is 11.7 Å². The van der Waals surface area contributed by atoms with Gasteiger partial charge in [-0.3, -0.25) is 9.36 Å². The van der Waals surface area contributed by atoms with E-state index < -0.39 is 0 Å². The standard InChI is InChI=1S/C24H20ClFN4OS/c25-18-10-8-17(9-11-18)23-28-29-24(30(23)21-5-2-1-3-6-21)32-16-4-7-22(31)27-20-14-12-19(26)13-15-20/h1-3,5-6,8-15H,4,7,16H2,(H,27,31). The molecule has 0 spiro atoms. The maximum absolute atomic E-state index is 13.0. The molecule has 1 heterocycles. The molecule has 0 aliphatic heterocycles. The van der Waals surface area contributed by atoms with Crippen LogP contribution >= 0.6 is 23.4 Å². The Hall–Kier alpha value is -3.16. The molecule has 0 saturated heterocycles. The second-order valence-corrected chi connectivity index (χ2v) is 8.49. The number of nitrogens with one attached hydrogen (secondary N) is 1. The normalized spacial score (nSPS) is 10.8. The van der Waals surface area contributed by atoms with Crippen LogP contribution in [-0.2, 0) is 4.79 Å². The van der Waals surface area contributed by atoms with Crippen molar-refractivity contribution in [2.24, 2.45) is 0 Å². The fraction of sp³-hybridized carbons (Fsp3) is 0.125. The van der Waals surface area contributed by atoms with Crippen molar-refractivity contribution in [2.75, 3.05) is 11.1 Å². The van der Waals surface area contributed by atoms with Crippen LogP contribution in [0.2, 0.25) is 5.02 Å².